The molecule has 0 aliphatic heterocycles. The van der Waals surface area contributed by atoms with Crippen molar-refractivity contribution in [3.8, 4) is 0 Å². The van der Waals surface area contributed by atoms with Crippen molar-refractivity contribution in [2.75, 3.05) is 6.54 Å². The predicted octanol–water partition coefficient (Wildman–Crippen LogP) is 2.84. The molecule has 0 unspecified atom stereocenters. The lowest BCUT2D eigenvalue weighted by atomic mass is 9.90. The molecule has 0 bridgehead atoms. The molecule has 0 heterocycles. The summed E-state index contributed by atoms with van der Waals surface area (Å²) in [5, 5.41) is 0. The molecule has 0 saturated heterocycles. The van der Waals surface area contributed by atoms with Crippen molar-refractivity contribution in [2.45, 2.75) is 44.7 Å². The summed E-state index contributed by atoms with van der Waals surface area (Å²) in [5.41, 5.74) is 5.14. The van der Waals surface area contributed by atoms with Crippen LogP contribution in [0.4, 0.5) is 13.2 Å². The van der Waals surface area contributed by atoms with E-state index in [9.17, 15) is 18.0 Å². The Labute approximate surface area is 121 Å². The Balaban J connectivity index is 2.25. The van der Waals surface area contributed by atoms with Crippen molar-refractivity contribution >= 4 is 5.91 Å². The molecule has 0 radical (unpaired) electrons. The number of hydrogen-bond acceptors (Lipinski definition) is 2. The molecule has 1 fully saturated rings. The lowest BCUT2D eigenvalue weighted by molar-refractivity contribution is 0.0630. The number of amides is 1. The van der Waals surface area contributed by atoms with Gasteiger partial charge in [-0.05, 0) is 32.6 Å². The first kappa shape index (κ1) is 15.8. The maximum absolute atomic E-state index is 13.7. The van der Waals surface area contributed by atoms with Gasteiger partial charge in [0.2, 0.25) is 0 Å². The second kappa shape index (κ2) is 6.47. The van der Waals surface area contributed by atoms with Gasteiger partial charge in [-0.15, -0.1) is 0 Å². The van der Waals surface area contributed by atoms with Gasteiger partial charge < -0.3 is 10.6 Å². The highest BCUT2D eigenvalue weighted by Crippen LogP contribution is 2.25. The third kappa shape index (κ3) is 3.37. The van der Waals surface area contributed by atoms with Gasteiger partial charge >= 0.3 is 0 Å². The van der Waals surface area contributed by atoms with E-state index in [1.54, 1.807) is 6.92 Å². The molecule has 1 saturated carbocycles. The van der Waals surface area contributed by atoms with E-state index in [2.05, 4.69) is 0 Å². The van der Waals surface area contributed by atoms with E-state index in [0.717, 1.165) is 12.8 Å². The quantitative estimate of drug-likeness (QED) is 0.933. The van der Waals surface area contributed by atoms with E-state index in [-0.39, 0.29) is 12.1 Å². The van der Waals surface area contributed by atoms with Gasteiger partial charge in [-0.1, -0.05) is 0 Å². The Bertz CT molecular complexity index is 505. The molecular formula is C15H19F3N2O. The van der Waals surface area contributed by atoms with Crippen molar-refractivity contribution in [2.24, 2.45) is 5.73 Å². The van der Waals surface area contributed by atoms with Gasteiger partial charge in [-0.25, -0.2) is 13.2 Å². The maximum Gasteiger partial charge on any atom is 0.260 e. The fraction of sp³-hybridized carbons (Fsp3) is 0.533. The molecule has 1 aromatic rings. The number of nitrogens with two attached hydrogens (primary N) is 1. The molecule has 3 nitrogen and oxygen atoms in total. The summed E-state index contributed by atoms with van der Waals surface area (Å²) in [6.45, 7) is 2.10. The fourth-order valence-electron chi connectivity index (χ4n) is 2.87. The Morgan fingerprint density at radius 2 is 1.71 bits per heavy atom. The third-order valence-corrected chi connectivity index (χ3v) is 4.00. The van der Waals surface area contributed by atoms with Gasteiger partial charge in [0.15, 0.2) is 0 Å². The summed E-state index contributed by atoms with van der Waals surface area (Å²) in [5.74, 6) is -4.09. The highest BCUT2D eigenvalue weighted by Gasteiger charge is 2.30. The van der Waals surface area contributed by atoms with Crippen LogP contribution in [0.2, 0.25) is 0 Å². The van der Waals surface area contributed by atoms with E-state index >= 15 is 0 Å². The lowest BCUT2D eigenvalue weighted by Gasteiger charge is -2.35. The average molecular weight is 300 g/mol. The molecule has 6 heteroatoms. The maximum atomic E-state index is 13.7. The lowest BCUT2D eigenvalue weighted by Crippen LogP contribution is -2.44. The highest BCUT2D eigenvalue weighted by molar-refractivity contribution is 5.95. The summed E-state index contributed by atoms with van der Waals surface area (Å²) >= 11 is 0. The summed E-state index contributed by atoms with van der Waals surface area (Å²) in [4.78, 5) is 13.9. The standard InChI is InChI=1S/C15H19F3N2O/c1-2-20(11-5-3-10(19)4-6-11)15(21)14-12(17)7-9(16)8-13(14)18/h7-8,10-11H,2-6,19H2,1H3. The molecule has 21 heavy (non-hydrogen) atoms. The third-order valence-electron chi connectivity index (χ3n) is 4.00. The van der Waals surface area contributed by atoms with Crippen LogP contribution in [0.15, 0.2) is 12.1 Å². The highest BCUT2D eigenvalue weighted by atomic mass is 19.1. The minimum Gasteiger partial charge on any atom is -0.336 e. The SMILES string of the molecule is CCN(C(=O)c1c(F)cc(F)cc1F)C1CCC(N)CC1. The number of benzene rings is 1. The first-order valence-corrected chi connectivity index (χ1v) is 7.15. The van der Waals surface area contributed by atoms with Gasteiger partial charge in [0.25, 0.3) is 5.91 Å². The van der Waals surface area contributed by atoms with Gasteiger partial charge in [-0.2, -0.15) is 0 Å². The van der Waals surface area contributed by atoms with Crippen molar-refractivity contribution in [3.63, 3.8) is 0 Å². The molecule has 0 atom stereocenters. The van der Waals surface area contributed by atoms with Crippen LogP contribution in [0.1, 0.15) is 43.0 Å². The number of hydrogen-bond donors (Lipinski definition) is 1. The molecule has 0 aromatic heterocycles. The summed E-state index contributed by atoms with van der Waals surface area (Å²) < 4.78 is 40.4. The van der Waals surface area contributed by atoms with Crippen LogP contribution in [-0.4, -0.2) is 29.4 Å². The normalized spacial score (nSPS) is 22.1. The predicted molar refractivity (Wildman–Crippen MR) is 73.3 cm³/mol. The van der Waals surface area contributed by atoms with Crippen LogP contribution in [-0.2, 0) is 0 Å². The molecule has 1 aliphatic carbocycles. The van der Waals surface area contributed by atoms with Crippen molar-refractivity contribution in [3.05, 3.63) is 35.1 Å². The van der Waals surface area contributed by atoms with Crippen LogP contribution >= 0.6 is 0 Å². The fourth-order valence-corrected chi connectivity index (χ4v) is 2.87. The number of halogens is 3. The van der Waals surface area contributed by atoms with Gasteiger partial charge in [0, 0.05) is 30.8 Å². The zero-order valence-corrected chi connectivity index (χ0v) is 11.9. The summed E-state index contributed by atoms with van der Waals surface area (Å²) in [6, 6.07) is 1.10. The van der Waals surface area contributed by atoms with Gasteiger partial charge in [0.05, 0.1) is 0 Å². The molecule has 1 aliphatic rings. The second-order valence-corrected chi connectivity index (χ2v) is 5.40. The molecule has 2 N–H and O–H groups in total. The number of rotatable bonds is 3. The van der Waals surface area contributed by atoms with E-state index in [1.165, 1.54) is 4.90 Å². The topological polar surface area (TPSA) is 46.3 Å². The van der Waals surface area contributed by atoms with Gasteiger partial charge in [-0.3, -0.25) is 4.79 Å². The molecule has 1 aromatic carbocycles. The van der Waals surface area contributed by atoms with Crippen LogP contribution in [0, 0.1) is 17.5 Å². The van der Waals surface area contributed by atoms with Crippen LogP contribution in [0.5, 0.6) is 0 Å². The Morgan fingerprint density at radius 3 is 2.19 bits per heavy atom. The largest absolute Gasteiger partial charge is 0.336 e. The van der Waals surface area contributed by atoms with E-state index in [1.807, 2.05) is 0 Å². The van der Waals surface area contributed by atoms with Crippen molar-refractivity contribution < 1.29 is 18.0 Å². The minimum atomic E-state index is -1.16. The number of carbonyl (C=O) groups excluding carboxylic acids is 1. The Kier molecular flexibility index (Phi) is 4.88. The van der Waals surface area contributed by atoms with Crippen LogP contribution < -0.4 is 5.73 Å². The molecule has 116 valence electrons. The molecule has 2 rings (SSSR count). The van der Waals surface area contributed by atoms with E-state index < -0.39 is 28.9 Å². The van der Waals surface area contributed by atoms with E-state index in [4.69, 9.17) is 5.73 Å². The zero-order valence-electron chi connectivity index (χ0n) is 11.9. The number of carbonyl (C=O) groups is 1. The van der Waals surface area contributed by atoms with Crippen LogP contribution in [0.3, 0.4) is 0 Å². The second-order valence-electron chi connectivity index (χ2n) is 5.40. The first-order chi connectivity index (χ1) is 9.93. The zero-order chi connectivity index (χ0) is 15.6. The number of nitrogens with zero attached hydrogens (tertiary/aromatic N) is 1. The average Bonchev–Trinajstić information content (AvgIpc) is 2.40. The Morgan fingerprint density at radius 1 is 1.19 bits per heavy atom. The summed E-state index contributed by atoms with van der Waals surface area (Å²) in [7, 11) is 0. The molecular weight excluding hydrogens is 281 g/mol. The van der Waals surface area contributed by atoms with Crippen molar-refractivity contribution in [1.29, 1.82) is 0 Å². The van der Waals surface area contributed by atoms with E-state index in [0.29, 0.717) is 31.5 Å². The summed E-state index contributed by atoms with van der Waals surface area (Å²) in [6.07, 6.45) is 2.99. The van der Waals surface area contributed by atoms with Crippen molar-refractivity contribution in [1.82, 2.24) is 4.90 Å². The van der Waals surface area contributed by atoms with Gasteiger partial charge in [0.1, 0.15) is 23.0 Å². The molecule has 1 amide bonds. The minimum absolute atomic E-state index is 0.0776. The smallest absolute Gasteiger partial charge is 0.260 e. The Hall–Kier alpha value is -1.56. The first-order valence-electron chi connectivity index (χ1n) is 7.15. The van der Waals surface area contributed by atoms with Crippen LogP contribution in [0.25, 0.3) is 0 Å². The molecule has 0 spiro atoms. The monoisotopic (exact) mass is 300 g/mol.